The average molecular weight is 447 g/mol. The quantitative estimate of drug-likeness (QED) is 0.467. The summed E-state index contributed by atoms with van der Waals surface area (Å²) in [6.07, 6.45) is 3.29. The Kier molecular flexibility index (Phi) is 6.37. The predicted molar refractivity (Wildman–Crippen MR) is 123 cm³/mol. The maximum Gasteiger partial charge on any atom is 0.257 e. The number of amides is 2. The van der Waals surface area contributed by atoms with E-state index in [9.17, 15) is 9.59 Å². The van der Waals surface area contributed by atoms with Crippen molar-refractivity contribution in [3.05, 3.63) is 89.5 Å². The molecule has 4 rings (SSSR count). The first-order chi connectivity index (χ1) is 15.5. The number of carbonyl (C=O) groups is 2. The molecule has 0 spiro atoms. The number of hydrogen-bond acceptors (Lipinski definition) is 6. The summed E-state index contributed by atoms with van der Waals surface area (Å²) in [6, 6.07) is 16.7. The summed E-state index contributed by atoms with van der Waals surface area (Å²) in [4.78, 5) is 35.1. The molecule has 1 unspecified atom stereocenters. The molecule has 0 bridgehead atoms. The van der Waals surface area contributed by atoms with E-state index in [4.69, 9.17) is 0 Å². The third-order valence-electron chi connectivity index (χ3n) is 5.17. The minimum absolute atomic E-state index is 0.0518. The van der Waals surface area contributed by atoms with E-state index in [1.807, 2.05) is 37.3 Å². The van der Waals surface area contributed by atoms with Gasteiger partial charge in [-0.25, -0.2) is 14.6 Å². The lowest BCUT2D eigenvalue weighted by molar-refractivity contribution is -0.131. The Morgan fingerprint density at radius 1 is 1.12 bits per heavy atom. The fraction of sp³-hybridized carbons (Fsp3) is 0.174. The van der Waals surface area contributed by atoms with Crippen LogP contribution in [0.1, 0.15) is 34.6 Å². The largest absolute Gasteiger partial charge is 0.339 e. The summed E-state index contributed by atoms with van der Waals surface area (Å²) in [5.41, 5.74) is 3.10. The molecule has 32 heavy (non-hydrogen) atoms. The van der Waals surface area contributed by atoms with Crippen LogP contribution in [0.2, 0.25) is 0 Å². The summed E-state index contributed by atoms with van der Waals surface area (Å²) >= 11 is 1.30. The zero-order valence-electron chi connectivity index (χ0n) is 17.7. The molecule has 0 radical (unpaired) electrons. The smallest absolute Gasteiger partial charge is 0.257 e. The molecule has 8 nitrogen and oxygen atoms in total. The van der Waals surface area contributed by atoms with Crippen LogP contribution in [0.25, 0.3) is 5.69 Å². The van der Waals surface area contributed by atoms with Gasteiger partial charge in [0.05, 0.1) is 23.8 Å². The van der Waals surface area contributed by atoms with Crippen LogP contribution in [0.3, 0.4) is 0 Å². The van der Waals surface area contributed by atoms with Crippen molar-refractivity contribution >= 4 is 28.3 Å². The van der Waals surface area contributed by atoms with Crippen molar-refractivity contribution < 1.29 is 9.59 Å². The molecule has 0 aliphatic rings. The second-order valence-electron chi connectivity index (χ2n) is 7.25. The molecule has 2 aromatic carbocycles. The topological polar surface area (TPSA) is 93.0 Å². The average Bonchev–Trinajstić information content (AvgIpc) is 3.51. The zero-order valence-corrected chi connectivity index (χ0v) is 18.5. The molecule has 0 aliphatic heterocycles. The van der Waals surface area contributed by atoms with Gasteiger partial charge < -0.3 is 4.90 Å². The first-order valence-electron chi connectivity index (χ1n) is 10.0. The third-order valence-corrected chi connectivity index (χ3v) is 5.98. The maximum atomic E-state index is 12.8. The van der Waals surface area contributed by atoms with Gasteiger partial charge in [-0.1, -0.05) is 30.3 Å². The summed E-state index contributed by atoms with van der Waals surface area (Å²) < 4.78 is 1.68. The normalized spacial score (nSPS) is 11.7. The van der Waals surface area contributed by atoms with Crippen molar-refractivity contribution in [1.82, 2.24) is 24.6 Å². The third kappa shape index (κ3) is 4.89. The van der Waals surface area contributed by atoms with E-state index < -0.39 is 0 Å². The number of aromatic nitrogens is 4. The summed E-state index contributed by atoms with van der Waals surface area (Å²) in [5.74, 6) is -0.276. The Morgan fingerprint density at radius 3 is 2.56 bits per heavy atom. The minimum Gasteiger partial charge on any atom is -0.339 e. The first-order valence-corrected chi connectivity index (χ1v) is 10.9. The fourth-order valence-corrected chi connectivity index (χ4v) is 3.88. The second kappa shape index (κ2) is 9.52. The van der Waals surface area contributed by atoms with E-state index in [-0.39, 0.29) is 24.3 Å². The van der Waals surface area contributed by atoms with Crippen molar-refractivity contribution in [1.29, 1.82) is 0 Å². The van der Waals surface area contributed by atoms with Crippen molar-refractivity contribution in [2.45, 2.75) is 19.4 Å². The van der Waals surface area contributed by atoms with E-state index in [1.54, 1.807) is 52.6 Å². The van der Waals surface area contributed by atoms with Crippen molar-refractivity contribution in [2.75, 3.05) is 12.4 Å². The van der Waals surface area contributed by atoms with Crippen molar-refractivity contribution in [3.8, 4) is 5.69 Å². The molecule has 2 heterocycles. The monoisotopic (exact) mass is 446 g/mol. The van der Waals surface area contributed by atoms with Gasteiger partial charge in [0.25, 0.3) is 5.91 Å². The van der Waals surface area contributed by atoms with E-state index >= 15 is 0 Å². The number of hydrogen-bond donors (Lipinski definition) is 1. The number of thiazole rings is 1. The molecule has 162 valence electrons. The highest BCUT2D eigenvalue weighted by molar-refractivity contribution is 7.14. The van der Waals surface area contributed by atoms with Gasteiger partial charge in [0.1, 0.15) is 12.7 Å². The molecular formula is C23H22N6O2S. The predicted octanol–water partition coefficient (Wildman–Crippen LogP) is 3.74. The number of nitrogens with one attached hydrogen (secondary N) is 1. The van der Waals surface area contributed by atoms with Gasteiger partial charge >= 0.3 is 0 Å². The molecule has 0 saturated carbocycles. The Morgan fingerprint density at radius 2 is 1.88 bits per heavy atom. The Hall–Kier alpha value is -3.85. The van der Waals surface area contributed by atoms with Gasteiger partial charge in [0.2, 0.25) is 5.91 Å². The number of rotatable bonds is 7. The summed E-state index contributed by atoms with van der Waals surface area (Å²) in [6.45, 7) is 1.98. The number of nitrogens with zero attached hydrogens (tertiary/aromatic N) is 5. The number of anilines is 1. The zero-order chi connectivity index (χ0) is 22.5. The molecule has 9 heteroatoms. The first kappa shape index (κ1) is 21.4. The minimum atomic E-state index is -0.224. The Labute approximate surface area is 189 Å². The highest BCUT2D eigenvalue weighted by atomic mass is 32.1. The molecule has 0 saturated heterocycles. The number of likely N-dealkylation sites (N-methyl/N-ethyl adjacent to an activating group) is 1. The van der Waals surface area contributed by atoms with E-state index in [2.05, 4.69) is 20.4 Å². The SMILES string of the molecule is CC(c1ccc(-n2cncn2)cc1)N(C)C(=O)Cc1csc(NC(=O)c2ccccc2)n1. The van der Waals surface area contributed by atoms with Crippen LogP contribution in [0.15, 0.2) is 72.6 Å². The van der Waals surface area contributed by atoms with E-state index in [1.165, 1.54) is 17.7 Å². The van der Waals surface area contributed by atoms with Gasteiger partial charge in [-0.2, -0.15) is 5.10 Å². The molecule has 2 amide bonds. The standard InChI is InChI=1S/C23H22N6O2S/c1-16(17-8-10-20(11-9-17)29-15-24-14-25-29)28(2)21(30)12-19-13-32-23(26-19)27-22(31)18-6-4-3-5-7-18/h3-11,13-16H,12H2,1-2H3,(H,26,27,31). The maximum absolute atomic E-state index is 12.8. The summed E-state index contributed by atoms with van der Waals surface area (Å²) in [5, 5.41) is 9.16. The van der Waals surface area contributed by atoms with Gasteiger partial charge in [0.15, 0.2) is 5.13 Å². The van der Waals surface area contributed by atoms with Gasteiger partial charge in [-0.3, -0.25) is 14.9 Å². The molecule has 2 aromatic heterocycles. The van der Waals surface area contributed by atoms with Gasteiger partial charge in [0, 0.05) is 18.0 Å². The second-order valence-corrected chi connectivity index (χ2v) is 8.11. The van der Waals surface area contributed by atoms with Crippen LogP contribution in [-0.2, 0) is 11.2 Å². The number of carbonyl (C=O) groups excluding carboxylic acids is 2. The van der Waals surface area contributed by atoms with Crippen LogP contribution >= 0.6 is 11.3 Å². The van der Waals surface area contributed by atoms with Crippen LogP contribution in [0.4, 0.5) is 5.13 Å². The highest BCUT2D eigenvalue weighted by Crippen LogP contribution is 2.22. The number of benzene rings is 2. The molecule has 1 atom stereocenters. The lowest BCUT2D eigenvalue weighted by atomic mass is 10.1. The van der Waals surface area contributed by atoms with E-state index in [0.717, 1.165) is 11.3 Å². The van der Waals surface area contributed by atoms with Gasteiger partial charge in [-0.15, -0.1) is 11.3 Å². The van der Waals surface area contributed by atoms with Crippen LogP contribution in [0, 0.1) is 0 Å². The van der Waals surface area contributed by atoms with Crippen molar-refractivity contribution in [3.63, 3.8) is 0 Å². The Bertz CT molecular complexity index is 1190. The van der Waals surface area contributed by atoms with Crippen LogP contribution in [0.5, 0.6) is 0 Å². The highest BCUT2D eigenvalue weighted by Gasteiger charge is 2.19. The van der Waals surface area contributed by atoms with Crippen molar-refractivity contribution in [2.24, 2.45) is 0 Å². The lowest BCUT2D eigenvalue weighted by Gasteiger charge is -2.25. The molecule has 0 fully saturated rings. The Balaban J connectivity index is 1.35. The van der Waals surface area contributed by atoms with Crippen LogP contribution in [-0.4, -0.2) is 43.5 Å². The summed E-state index contributed by atoms with van der Waals surface area (Å²) in [7, 11) is 1.78. The lowest BCUT2D eigenvalue weighted by Crippen LogP contribution is -2.31. The fourth-order valence-electron chi connectivity index (χ4n) is 3.17. The molecule has 0 aliphatic carbocycles. The van der Waals surface area contributed by atoms with E-state index in [0.29, 0.717) is 16.4 Å². The molecule has 4 aromatic rings. The van der Waals surface area contributed by atoms with Crippen LogP contribution < -0.4 is 5.32 Å². The molecule has 1 N–H and O–H groups in total. The molecular weight excluding hydrogens is 424 g/mol. The van der Waals surface area contributed by atoms with Gasteiger partial charge in [-0.05, 0) is 36.8 Å².